The number of benzene rings is 1. The number of hydrogen-bond acceptors (Lipinski definition) is 6. The molecule has 1 N–H and O–H groups in total. The maximum absolute atomic E-state index is 14.6. The van der Waals surface area contributed by atoms with Crippen LogP contribution in [0.15, 0.2) is 48.6 Å². The fourth-order valence-corrected chi connectivity index (χ4v) is 7.83. The number of carbonyl (C=O) groups is 3. The number of aliphatic hydroxyl groups is 1. The summed E-state index contributed by atoms with van der Waals surface area (Å²) in [5.41, 5.74) is -1.06. The molecule has 9 heteroatoms. The van der Waals surface area contributed by atoms with Gasteiger partial charge in [0.15, 0.2) is 0 Å². The summed E-state index contributed by atoms with van der Waals surface area (Å²) in [6.07, 6.45) is 8.83. The van der Waals surface area contributed by atoms with Crippen molar-refractivity contribution in [1.29, 1.82) is 0 Å². The van der Waals surface area contributed by atoms with Crippen LogP contribution in [-0.2, 0) is 19.1 Å². The minimum Gasteiger partial charge on any atom is -0.494 e. The highest BCUT2D eigenvalue weighted by atomic mass is 16.5. The number of amides is 3. The molecule has 2 fully saturated rings. The second-order valence-electron chi connectivity index (χ2n) is 14.0. The van der Waals surface area contributed by atoms with E-state index in [4.69, 9.17) is 9.47 Å². The first-order chi connectivity index (χ1) is 20.3. The molecule has 0 saturated carbocycles. The summed E-state index contributed by atoms with van der Waals surface area (Å²) in [5, 5.41) is 9.48. The Kier molecular flexibility index (Phi) is 8.53. The molecular formula is C34H47N3O6. The molecule has 5 atom stereocenters. The molecule has 0 radical (unpaired) electrons. The van der Waals surface area contributed by atoms with E-state index in [1.54, 1.807) is 9.80 Å². The minimum absolute atomic E-state index is 0.00137. The summed E-state index contributed by atoms with van der Waals surface area (Å²) in [6, 6.07) is 6.49. The summed E-state index contributed by atoms with van der Waals surface area (Å²) in [4.78, 5) is 48.6. The van der Waals surface area contributed by atoms with Gasteiger partial charge in [-0.1, -0.05) is 45.1 Å². The molecule has 3 amide bonds. The van der Waals surface area contributed by atoms with Gasteiger partial charge >= 0.3 is 0 Å². The fourth-order valence-electron chi connectivity index (χ4n) is 7.83. The smallest absolute Gasteiger partial charge is 0.249 e. The molecule has 4 heterocycles. The molecule has 5 rings (SSSR count). The van der Waals surface area contributed by atoms with Gasteiger partial charge in [-0.3, -0.25) is 14.4 Å². The Hall–Kier alpha value is -3.17. The molecule has 4 aliphatic rings. The van der Waals surface area contributed by atoms with Gasteiger partial charge in [0.05, 0.1) is 24.5 Å². The number of carbonyl (C=O) groups excluding carboxylic acids is 3. The highest BCUT2D eigenvalue weighted by molar-refractivity contribution is 6.04. The van der Waals surface area contributed by atoms with Crippen LogP contribution in [0, 0.1) is 17.3 Å². The first-order valence-corrected chi connectivity index (χ1v) is 15.6. The molecule has 1 aromatic rings. The highest BCUT2D eigenvalue weighted by Gasteiger charge is 2.72. The van der Waals surface area contributed by atoms with Crippen molar-refractivity contribution in [1.82, 2.24) is 9.80 Å². The molecule has 1 spiro atoms. The fraction of sp³-hybridized carbons (Fsp3) is 0.618. The summed E-state index contributed by atoms with van der Waals surface area (Å²) in [6.45, 7) is 14.2. The lowest BCUT2D eigenvalue weighted by Crippen LogP contribution is -2.60. The van der Waals surface area contributed by atoms with E-state index in [-0.39, 0.29) is 29.7 Å². The topological polar surface area (TPSA) is 99.6 Å². The molecule has 1 unspecified atom stereocenters. The van der Waals surface area contributed by atoms with E-state index in [1.165, 1.54) is 0 Å². The minimum atomic E-state index is -1.27. The average Bonchev–Trinajstić information content (AvgIpc) is 3.23. The van der Waals surface area contributed by atoms with Crippen molar-refractivity contribution in [3.8, 4) is 5.75 Å². The van der Waals surface area contributed by atoms with Crippen molar-refractivity contribution in [2.45, 2.75) is 84.1 Å². The number of nitrogens with zero attached hydrogens (tertiary/aromatic N) is 3. The van der Waals surface area contributed by atoms with Crippen molar-refractivity contribution in [2.75, 3.05) is 37.7 Å². The van der Waals surface area contributed by atoms with Gasteiger partial charge < -0.3 is 29.3 Å². The van der Waals surface area contributed by atoms with Crippen molar-refractivity contribution in [2.24, 2.45) is 17.3 Å². The Morgan fingerprint density at radius 1 is 0.977 bits per heavy atom. The monoisotopic (exact) mass is 593 g/mol. The summed E-state index contributed by atoms with van der Waals surface area (Å²) >= 11 is 0. The normalized spacial score (nSPS) is 29.0. The Bertz CT molecular complexity index is 1280. The molecule has 0 bridgehead atoms. The van der Waals surface area contributed by atoms with E-state index in [0.717, 1.165) is 12.2 Å². The number of anilines is 1. The third kappa shape index (κ3) is 5.62. The third-order valence-corrected chi connectivity index (χ3v) is 9.12. The van der Waals surface area contributed by atoms with Crippen LogP contribution in [0.2, 0.25) is 0 Å². The second kappa shape index (κ2) is 11.7. The maximum atomic E-state index is 14.6. The number of hydrogen-bond donors (Lipinski definition) is 1. The van der Waals surface area contributed by atoms with Crippen molar-refractivity contribution in [3.05, 3.63) is 48.6 Å². The number of fused-ring (bicyclic) bond motifs is 2. The number of ether oxygens (including phenoxy) is 2. The van der Waals surface area contributed by atoms with E-state index >= 15 is 0 Å². The summed E-state index contributed by atoms with van der Waals surface area (Å²) in [5.74, 6) is -1.49. The Morgan fingerprint density at radius 2 is 1.70 bits per heavy atom. The van der Waals surface area contributed by atoms with Crippen molar-refractivity contribution in [3.63, 3.8) is 0 Å². The van der Waals surface area contributed by atoms with Crippen LogP contribution in [0.4, 0.5) is 5.69 Å². The van der Waals surface area contributed by atoms with Gasteiger partial charge in [0, 0.05) is 37.5 Å². The van der Waals surface area contributed by atoms with Gasteiger partial charge in [0.2, 0.25) is 17.7 Å². The van der Waals surface area contributed by atoms with E-state index < -0.39 is 35.1 Å². The molecule has 0 aromatic heterocycles. The lowest BCUT2D eigenvalue weighted by Gasteiger charge is -2.44. The van der Waals surface area contributed by atoms with Crippen LogP contribution >= 0.6 is 0 Å². The molecule has 2 saturated heterocycles. The zero-order chi connectivity index (χ0) is 31.2. The van der Waals surface area contributed by atoms with Crippen LogP contribution in [0.3, 0.4) is 0 Å². The zero-order valence-electron chi connectivity index (χ0n) is 26.4. The van der Waals surface area contributed by atoms with Crippen LogP contribution < -0.4 is 9.64 Å². The van der Waals surface area contributed by atoms with Gasteiger partial charge in [0.25, 0.3) is 0 Å². The largest absolute Gasteiger partial charge is 0.494 e. The molecule has 234 valence electrons. The van der Waals surface area contributed by atoms with Crippen molar-refractivity contribution < 1.29 is 29.0 Å². The Balaban J connectivity index is 1.54. The predicted molar refractivity (Wildman–Crippen MR) is 165 cm³/mol. The maximum Gasteiger partial charge on any atom is 0.249 e. The standard InChI is InChI=1S/C34H47N3O6/c1-7-42-24-15-13-23(14-16-24)35-19-10-12-25-26(29(35)39)27-30(40)36(18-8-9-21-38)28-31(41)37(20-11-17-34(27,28)43-25)33(5,6)22-32(2,3)4/h10-17,25-28,38H,7-9,18-22H2,1-6H3/t25-,26+,27+,28?,34+/m1/s1. The van der Waals surface area contributed by atoms with Gasteiger partial charge in [-0.15, -0.1) is 0 Å². The van der Waals surface area contributed by atoms with Gasteiger partial charge in [0.1, 0.15) is 17.4 Å². The van der Waals surface area contributed by atoms with Gasteiger partial charge in [-0.25, -0.2) is 0 Å². The van der Waals surface area contributed by atoms with Gasteiger partial charge in [-0.05, 0) is 69.7 Å². The summed E-state index contributed by atoms with van der Waals surface area (Å²) in [7, 11) is 0. The van der Waals surface area contributed by atoms with Crippen molar-refractivity contribution >= 4 is 23.4 Å². The molecule has 1 aromatic carbocycles. The molecular weight excluding hydrogens is 546 g/mol. The number of likely N-dealkylation sites (tertiary alicyclic amines) is 1. The van der Waals surface area contributed by atoms with E-state index in [0.29, 0.717) is 44.8 Å². The lowest BCUT2D eigenvalue weighted by molar-refractivity contribution is -0.151. The first kappa shape index (κ1) is 31.3. The summed E-state index contributed by atoms with van der Waals surface area (Å²) < 4.78 is 12.4. The first-order valence-electron chi connectivity index (χ1n) is 15.6. The Morgan fingerprint density at radius 3 is 2.35 bits per heavy atom. The quantitative estimate of drug-likeness (QED) is 0.344. The highest BCUT2D eigenvalue weighted by Crippen LogP contribution is 2.54. The van der Waals surface area contributed by atoms with E-state index in [1.807, 2.05) is 60.4 Å². The average molecular weight is 594 g/mol. The Labute approximate surface area is 255 Å². The molecule has 43 heavy (non-hydrogen) atoms. The molecule has 0 aliphatic carbocycles. The molecule has 9 nitrogen and oxygen atoms in total. The predicted octanol–water partition coefficient (Wildman–Crippen LogP) is 3.95. The third-order valence-electron chi connectivity index (χ3n) is 9.12. The van der Waals surface area contributed by atoms with Crippen LogP contribution in [0.25, 0.3) is 0 Å². The number of rotatable bonds is 9. The van der Waals surface area contributed by atoms with E-state index in [2.05, 4.69) is 34.6 Å². The zero-order valence-corrected chi connectivity index (χ0v) is 26.4. The van der Waals surface area contributed by atoms with E-state index in [9.17, 15) is 19.5 Å². The lowest BCUT2D eigenvalue weighted by atomic mass is 9.77. The van der Waals surface area contributed by atoms with Gasteiger partial charge in [-0.2, -0.15) is 0 Å². The van der Waals surface area contributed by atoms with Crippen LogP contribution in [-0.4, -0.2) is 88.8 Å². The SMILES string of the molecule is CCOc1ccc(N2CC=C[C@H]3O[C@]45C=CCN(C(C)(C)CC(C)(C)C)C(=O)C4N(CCCCO)C(=O)[C@@H]5[C@H]3C2=O)cc1. The molecule has 4 aliphatic heterocycles. The van der Waals surface area contributed by atoms with Crippen LogP contribution in [0.5, 0.6) is 5.75 Å². The number of unbranched alkanes of at least 4 members (excludes halogenated alkanes) is 1. The van der Waals surface area contributed by atoms with Crippen LogP contribution in [0.1, 0.15) is 60.8 Å². The number of aliphatic hydroxyl groups excluding tert-OH is 1. The second-order valence-corrected chi connectivity index (χ2v) is 14.0.